The van der Waals surface area contributed by atoms with Gasteiger partial charge in [-0.25, -0.2) is 5.43 Å². The zero-order chi connectivity index (χ0) is 21.8. The largest absolute Gasteiger partial charge is 0.346 e. The van der Waals surface area contributed by atoms with Crippen molar-refractivity contribution in [1.82, 2.24) is 15.8 Å². The van der Waals surface area contributed by atoms with Gasteiger partial charge in [-0.15, -0.1) is 0 Å². The molecule has 5 heteroatoms. The van der Waals surface area contributed by atoms with Crippen LogP contribution in [0.15, 0.2) is 53.3 Å². The van der Waals surface area contributed by atoms with Crippen molar-refractivity contribution >= 4 is 12.3 Å². The van der Waals surface area contributed by atoms with Gasteiger partial charge in [0.1, 0.15) is 0 Å². The molecule has 0 aliphatic heterocycles. The van der Waals surface area contributed by atoms with Crippen molar-refractivity contribution in [3.8, 4) is 0 Å². The smallest absolute Gasteiger partial charge is 0.247 e. The van der Waals surface area contributed by atoms with Gasteiger partial charge in [-0.3, -0.25) is 14.6 Å². The maximum absolute atomic E-state index is 12.8. The Bertz CT molecular complexity index is 740. The van der Waals surface area contributed by atoms with Crippen LogP contribution in [0.1, 0.15) is 83.7 Å². The average Bonchev–Trinajstić information content (AvgIpc) is 2.74. The second kappa shape index (κ2) is 13.0. The first-order valence-corrected chi connectivity index (χ1v) is 11.3. The monoisotopic (exact) mass is 411 g/mol. The minimum atomic E-state index is -0.0724. The molecule has 0 bridgehead atoms. The van der Waals surface area contributed by atoms with Crippen LogP contribution in [0.4, 0.5) is 0 Å². The predicted octanol–water partition coefficient (Wildman–Crippen LogP) is 5.18. The number of nitrogens with zero attached hydrogens (tertiary/aromatic N) is 1. The third-order valence-electron chi connectivity index (χ3n) is 5.59. The Labute approximate surface area is 181 Å². The Hall–Kier alpha value is -2.40. The van der Waals surface area contributed by atoms with Crippen molar-refractivity contribution in [3.05, 3.63) is 58.8 Å². The van der Waals surface area contributed by atoms with Gasteiger partial charge in [0, 0.05) is 17.8 Å². The van der Waals surface area contributed by atoms with Gasteiger partial charge in [0.05, 0.1) is 6.04 Å². The van der Waals surface area contributed by atoms with E-state index in [9.17, 15) is 9.59 Å². The first-order chi connectivity index (χ1) is 14.6. The Balaban J connectivity index is 2.20. The predicted molar refractivity (Wildman–Crippen MR) is 122 cm³/mol. The normalized spacial score (nSPS) is 18.8. The number of carbonyl (C=O) groups is 2. The van der Waals surface area contributed by atoms with E-state index in [0.29, 0.717) is 5.57 Å². The average molecular weight is 412 g/mol. The molecule has 1 aromatic rings. The van der Waals surface area contributed by atoms with Crippen molar-refractivity contribution < 1.29 is 9.59 Å². The number of hydrogen-bond acceptors (Lipinski definition) is 3. The van der Waals surface area contributed by atoms with Gasteiger partial charge in [0.25, 0.3) is 0 Å². The summed E-state index contributed by atoms with van der Waals surface area (Å²) in [4.78, 5) is 24.6. The summed E-state index contributed by atoms with van der Waals surface area (Å²) in [6.07, 6.45) is 11.2. The van der Waals surface area contributed by atoms with Crippen molar-refractivity contribution in [2.24, 2.45) is 0 Å². The maximum Gasteiger partial charge on any atom is 0.247 e. The van der Waals surface area contributed by atoms with Gasteiger partial charge >= 0.3 is 0 Å². The highest BCUT2D eigenvalue weighted by Gasteiger charge is 2.17. The minimum Gasteiger partial charge on any atom is -0.346 e. The molecule has 2 rings (SSSR count). The molecule has 0 saturated heterocycles. The first kappa shape index (κ1) is 23.9. The van der Waals surface area contributed by atoms with Crippen molar-refractivity contribution in [1.29, 1.82) is 0 Å². The molecule has 5 nitrogen and oxygen atoms in total. The molecule has 1 aromatic carbocycles. The van der Waals surface area contributed by atoms with E-state index in [1.807, 2.05) is 50.3 Å². The molecule has 0 aromatic heterocycles. The van der Waals surface area contributed by atoms with Crippen LogP contribution < -0.4 is 10.7 Å². The fourth-order valence-corrected chi connectivity index (χ4v) is 3.73. The van der Waals surface area contributed by atoms with E-state index in [0.717, 1.165) is 68.3 Å². The van der Waals surface area contributed by atoms with Gasteiger partial charge in [-0.1, -0.05) is 56.5 Å². The number of carbonyl (C=O) groups excluding carboxylic acids is 2. The number of unbranched alkanes of at least 4 members (excludes halogenated alkanes) is 1. The van der Waals surface area contributed by atoms with Crippen LogP contribution in [-0.4, -0.2) is 23.9 Å². The number of benzene rings is 1. The fourth-order valence-electron chi connectivity index (χ4n) is 3.73. The summed E-state index contributed by atoms with van der Waals surface area (Å²) in [5.41, 5.74) is 7.10. The van der Waals surface area contributed by atoms with Gasteiger partial charge in [-0.05, 0) is 63.2 Å². The molecule has 0 radical (unpaired) electrons. The SMILES string of the molecule is CCCCNN(C=O)/C1=C(\C=C(/C)C(=O)NC(C)c2ccccc2)CCCCCC1. The number of nitrogens with one attached hydrogen (secondary N) is 2. The number of amides is 2. The standard InChI is InChI=1S/C25H37N3O2/c1-4-5-17-26-28(19-29)24-16-12-7-6-9-15-23(24)18-20(2)25(30)27-21(3)22-13-10-8-11-14-22/h8,10-11,13-14,18-19,21,26H,4-7,9,12,15-17H2,1-3H3,(H,27,30)/b20-18+,24-23-. The summed E-state index contributed by atoms with van der Waals surface area (Å²) in [7, 11) is 0. The van der Waals surface area contributed by atoms with Crippen LogP contribution in [0.2, 0.25) is 0 Å². The van der Waals surface area contributed by atoms with Crippen LogP contribution in [0.5, 0.6) is 0 Å². The zero-order valence-electron chi connectivity index (χ0n) is 18.7. The molecule has 164 valence electrons. The zero-order valence-corrected chi connectivity index (χ0v) is 18.7. The quantitative estimate of drug-likeness (QED) is 0.241. The second-order valence-corrected chi connectivity index (χ2v) is 8.06. The van der Waals surface area contributed by atoms with Gasteiger partial charge < -0.3 is 5.32 Å². The molecule has 0 heterocycles. The molecule has 1 atom stereocenters. The van der Waals surface area contributed by atoms with E-state index in [1.165, 1.54) is 12.8 Å². The van der Waals surface area contributed by atoms with Gasteiger partial charge in [0.15, 0.2) is 0 Å². The number of rotatable bonds is 10. The lowest BCUT2D eigenvalue weighted by Crippen LogP contribution is -2.37. The first-order valence-electron chi connectivity index (χ1n) is 11.3. The number of hydrogen-bond donors (Lipinski definition) is 2. The Morgan fingerprint density at radius 2 is 1.83 bits per heavy atom. The molecule has 1 unspecified atom stereocenters. The maximum atomic E-state index is 12.8. The van der Waals surface area contributed by atoms with Gasteiger partial charge in [0.2, 0.25) is 12.3 Å². The van der Waals surface area contributed by atoms with E-state index >= 15 is 0 Å². The molecule has 0 fully saturated rings. The summed E-state index contributed by atoms with van der Waals surface area (Å²) in [6, 6.07) is 9.90. The van der Waals surface area contributed by atoms with Crippen molar-refractivity contribution in [3.63, 3.8) is 0 Å². The second-order valence-electron chi connectivity index (χ2n) is 8.06. The van der Waals surface area contributed by atoms with E-state index in [2.05, 4.69) is 17.7 Å². The highest BCUT2D eigenvalue weighted by Crippen LogP contribution is 2.26. The molecule has 0 saturated carbocycles. The molecule has 1 aliphatic carbocycles. The Morgan fingerprint density at radius 3 is 2.50 bits per heavy atom. The highest BCUT2D eigenvalue weighted by atomic mass is 16.2. The third kappa shape index (κ3) is 7.45. The summed E-state index contributed by atoms with van der Waals surface area (Å²) in [5.74, 6) is -0.0724. The molecular weight excluding hydrogens is 374 g/mol. The molecule has 2 amide bonds. The van der Waals surface area contributed by atoms with Crippen LogP contribution in [0, 0.1) is 0 Å². The molecule has 30 heavy (non-hydrogen) atoms. The minimum absolute atomic E-state index is 0.0602. The molecular formula is C25H37N3O2. The summed E-state index contributed by atoms with van der Waals surface area (Å²) >= 11 is 0. The van der Waals surface area contributed by atoms with Gasteiger partial charge in [-0.2, -0.15) is 0 Å². The summed E-state index contributed by atoms with van der Waals surface area (Å²) in [5, 5.41) is 4.73. The molecule has 2 N–H and O–H groups in total. The summed E-state index contributed by atoms with van der Waals surface area (Å²) < 4.78 is 0. The van der Waals surface area contributed by atoms with Crippen LogP contribution >= 0.6 is 0 Å². The lowest BCUT2D eigenvalue weighted by molar-refractivity contribution is -0.119. The van der Waals surface area contributed by atoms with E-state index in [1.54, 1.807) is 5.01 Å². The van der Waals surface area contributed by atoms with Crippen LogP contribution in [-0.2, 0) is 9.59 Å². The van der Waals surface area contributed by atoms with Crippen LogP contribution in [0.25, 0.3) is 0 Å². The fraction of sp³-hybridized carbons (Fsp3) is 0.520. The Kier molecular flexibility index (Phi) is 10.4. The highest BCUT2D eigenvalue weighted by molar-refractivity contribution is 5.93. The lowest BCUT2D eigenvalue weighted by Gasteiger charge is -2.26. The number of allylic oxidation sites excluding steroid dienone is 3. The topological polar surface area (TPSA) is 61.4 Å². The Morgan fingerprint density at radius 1 is 1.13 bits per heavy atom. The molecule has 0 spiro atoms. The van der Waals surface area contributed by atoms with E-state index < -0.39 is 0 Å². The lowest BCUT2D eigenvalue weighted by atomic mass is 9.95. The van der Waals surface area contributed by atoms with Crippen molar-refractivity contribution in [2.45, 2.75) is 78.2 Å². The molecule has 1 aliphatic rings. The van der Waals surface area contributed by atoms with Crippen molar-refractivity contribution in [2.75, 3.05) is 6.54 Å². The van der Waals surface area contributed by atoms with E-state index in [4.69, 9.17) is 0 Å². The summed E-state index contributed by atoms with van der Waals surface area (Å²) in [6.45, 7) is 6.75. The van der Waals surface area contributed by atoms with Crippen LogP contribution in [0.3, 0.4) is 0 Å². The third-order valence-corrected chi connectivity index (χ3v) is 5.59. The van der Waals surface area contributed by atoms with E-state index in [-0.39, 0.29) is 11.9 Å². The number of hydrazine groups is 1.